The Bertz CT molecular complexity index is 277. The van der Waals surface area contributed by atoms with Crippen LogP contribution in [0.4, 0.5) is 22.0 Å². The van der Waals surface area contributed by atoms with Crippen LogP contribution < -0.4 is 5.32 Å². The quantitative estimate of drug-likeness (QED) is 0.779. The summed E-state index contributed by atoms with van der Waals surface area (Å²) in [6.07, 6.45) is -4.80. The van der Waals surface area contributed by atoms with E-state index in [0.717, 1.165) is 0 Å². The Morgan fingerprint density at radius 1 is 1.37 bits per heavy atom. The highest BCUT2D eigenvalue weighted by Gasteiger charge is 2.57. The highest BCUT2D eigenvalue weighted by Crippen LogP contribution is 2.34. The molecule has 0 aromatic carbocycles. The summed E-state index contributed by atoms with van der Waals surface area (Å²) in [5, 5.41) is 9.86. The fraction of sp³-hybridized carbons (Fsp3) is 0.900. The van der Waals surface area contributed by atoms with E-state index in [1.165, 1.54) is 0 Å². The van der Waals surface area contributed by atoms with E-state index in [1.807, 2.05) is 0 Å². The lowest BCUT2D eigenvalue weighted by Crippen LogP contribution is -2.48. The Morgan fingerprint density at radius 3 is 2.21 bits per heavy atom. The molecule has 0 radical (unpaired) electrons. The minimum absolute atomic E-state index is 0.188. The van der Waals surface area contributed by atoms with Crippen LogP contribution in [0, 0.1) is 0 Å². The van der Waals surface area contributed by atoms with Gasteiger partial charge in [-0.3, -0.25) is 4.79 Å². The summed E-state index contributed by atoms with van der Waals surface area (Å²) in [4.78, 5) is 9.37. The molecule has 1 aliphatic rings. The first-order valence-electron chi connectivity index (χ1n) is 5.57. The predicted molar refractivity (Wildman–Crippen MR) is 56.2 cm³/mol. The molecule has 4 nitrogen and oxygen atoms in total. The van der Waals surface area contributed by atoms with Crippen molar-refractivity contribution < 1.29 is 36.6 Å². The van der Waals surface area contributed by atoms with Gasteiger partial charge in [0.25, 0.3) is 0 Å². The number of hydrogen-bond donors (Lipinski definition) is 2. The van der Waals surface area contributed by atoms with Crippen LogP contribution in [0.15, 0.2) is 0 Å². The third-order valence-electron chi connectivity index (χ3n) is 2.26. The molecule has 1 saturated heterocycles. The van der Waals surface area contributed by atoms with Crippen molar-refractivity contribution in [3.05, 3.63) is 0 Å². The smallest absolute Gasteiger partial charge is 0.454 e. The number of rotatable bonds is 4. The number of hydrogen-bond acceptors (Lipinski definition) is 3. The minimum Gasteiger partial charge on any atom is -0.481 e. The maximum absolute atomic E-state index is 12.4. The van der Waals surface area contributed by atoms with Gasteiger partial charge in [-0.2, -0.15) is 22.0 Å². The van der Waals surface area contributed by atoms with Gasteiger partial charge in [-0.15, -0.1) is 0 Å². The van der Waals surface area contributed by atoms with E-state index >= 15 is 0 Å². The zero-order valence-electron chi connectivity index (χ0n) is 10.3. The van der Waals surface area contributed by atoms with Gasteiger partial charge in [-0.1, -0.05) is 6.92 Å². The number of carboxylic acid groups (broad SMARTS) is 1. The Hall–Kier alpha value is -0.960. The van der Waals surface area contributed by atoms with E-state index < -0.39 is 30.7 Å². The van der Waals surface area contributed by atoms with E-state index in [0.29, 0.717) is 13.0 Å². The molecule has 9 heteroatoms. The van der Waals surface area contributed by atoms with E-state index in [-0.39, 0.29) is 13.0 Å². The Balaban J connectivity index is 0.000000555. The summed E-state index contributed by atoms with van der Waals surface area (Å²) in [5.74, 6) is -5.42. The average Bonchev–Trinajstić information content (AvgIpc) is 2.78. The van der Waals surface area contributed by atoms with Gasteiger partial charge in [0, 0.05) is 19.1 Å². The fourth-order valence-electron chi connectivity index (χ4n) is 1.07. The van der Waals surface area contributed by atoms with E-state index in [2.05, 4.69) is 5.32 Å². The molecular weight excluding hydrogens is 277 g/mol. The Kier molecular flexibility index (Phi) is 7.20. The average molecular weight is 293 g/mol. The molecular formula is C10H16F5NO3. The third-order valence-corrected chi connectivity index (χ3v) is 2.26. The van der Waals surface area contributed by atoms with Crippen molar-refractivity contribution in [3.63, 3.8) is 0 Å². The normalized spacial score (nSPS) is 19.8. The monoisotopic (exact) mass is 293 g/mol. The van der Waals surface area contributed by atoms with Crippen LogP contribution in [0.5, 0.6) is 0 Å². The van der Waals surface area contributed by atoms with Gasteiger partial charge in [0.15, 0.2) is 0 Å². The largest absolute Gasteiger partial charge is 0.481 e. The first-order valence-corrected chi connectivity index (χ1v) is 5.57. The third kappa shape index (κ3) is 7.26. The molecule has 0 aromatic rings. The van der Waals surface area contributed by atoms with Crippen molar-refractivity contribution in [2.24, 2.45) is 0 Å². The number of carboxylic acids is 1. The molecule has 1 unspecified atom stereocenters. The van der Waals surface area contributed by atoms with Crippen LogP contribution in [-0.2, 0) is 9.53 Å². The van der Waals surface area contributed by atoms with Crippen molar-refractivity contribution >= 4 is 5.97 Å². The zero-order chi connectivity index (χ0) is 15.1. The number of nitrogens with one attached hydrogen (secondary N) is 1. The summed E-state index contributed by atoms with van der Waals surface area (Å²) in [6, 6.07) is -0.400. The van der Waals surface area contributed by atoms with Gasteiger partial charge in [0.05, 0.1) is 13.2 Å². The van der Waals surface area contributed by atoms with Crippen molar-refractivity contribution in [1.29, 1.82) is 0 Å². The molecule has 1 fully saturated rings. The molecule has 0 amide bonds. The van der Waals surface area contributed by atoms with E-state index in [9.17, 15) is 26.7 Å². The molecule has 2 N–H and O–H groups in total. The van der Waals surface area contributed by atoms with Gasteiger partial charge in [-0.25, -0.2) is 0 Å². The molecule has 0 aromatic heterocycles. The Morgan fingerprint density at radius 2 is 1.89 bits per heavy atom. The molecule has 0 spiro atoms. The van der Waals surface area contributed by atoms with Crippen molar-refractivity contribution in [1.82, 2.24) is 5.32 Å². The lowest BCUT2D eigenvalue weighted by Gasteiger charge is -2.21. The number of halogens is 5. The molecule has 0 aliphatic carbocycles. The molecule has 19 heavy (non-hydrogen) atoms. The van der Waals surface area contributed by atoms with Gasteiger partial charge in [-0.05, 0) is 6.42 Å². The summed E-state index contributed by atoms with van der Waals surface area (Å²) in [6.45, 7) is 0.802. The van der Waals surface area contributed by atoms with Gasteiger partial charge < -0.3 is 15.2 Å². The molecule has 1 heterocycles. The second-order valence-electron chi connectivity index (χ2n) is 3.89. The first kappa shape index (κ1) is 18.0. The van der Waals surface area contributed by atoms with Crippen LogP contribution in [0.25, 0.3) is 0 Å². The number of ether oxygens (including phenoxy) is 1. The lowest BCUT2D eigenvalue weighted by molar-refractivity contribution is -0.279. The standard InChI is InChI=1S/C7H10F5NO.C3H6O2/c8-6(9,7(10,11)12)4-13-5-1-2-14-3-5;1-2-3(4)5/h5,13H,1-4H2;2H2,1H3,(H,4,5). The van der Waals surface area contributed by atoms with E-state index in [4.69, 9.17) is 9.84 Å². The highest BCUT2D eigenvalue weighted by molar-refractivity contribution is 5.66. The van der Waals surface area contributed by atoms with Crippen LogP contribution in [0.3, 0.4) is 0 Å². The number of alkyl halides is 5. The molecule has 1 atom stereocenters. The highest BCUT2D eigenvalue weighted by atomic mass is 19.4. The number of carbonyl (C=O) groups is 1. The maximum atomic E-state index is 12.4. The lowest BCUT2D eigenvalue weighted by atomic mass is 10.2. The predicted octanol–water partition coefficient (Wildman–Crippen LogP) is 2.04. The molecule has 114 valence electrons. The molecule has 0 bridgehead atoms. The topological polar surface area (TPSA) is 58.6 Å². The molecule has 1 rings (SSSR count). The fourth-order valence-corrected chi connectivity index (χ4v) is 1.07. The summed E-state index contributed by atoms with van der Waals surface area (Å²) in [5.41, 5.74) is 0. The van der Waals surface area contributed by atoms with Gasteiger partial charge in [0.2, 0.25) is 0 Å². The summed E-state index contributed by atoms with van der Waals surface area (Å²) >= 11 is 0. The van der Waals surface area contributed by atoms with Crippen molar-refractivity contribution in [2.45, 2.75) is 37.9 Å². The molecule has 1 aliphatic heterocycles. The van der Waals surface area contributed by atoms with Crippen LogP contribution in [0.1, 0.15) is 19.8 Å². The summed E-state index contributed by atoms with van der Waals surface area (Å²) < 4.78 is 64.6. The second-order valence-corrected chi connectivity index (χ2v) is 3.89. The first-order chi connectivity index (χ1) is 8.60. The molecule has 0 saturated carbocycles. The van der Waals surface area contributed by atoms with Crippen molar-refractivity contribution in [3.8, 4) is 0 Å². The van der Waals surface area contributed by atoms with Gasteiger partial charge in [0.1, 0.15) is 0 Å². The van der Waals surface area contributed by atoms with Crippen LogP contribution in [0.2, 0.25) is 0 Å². The minimum atomic E-state index is -5.49. The van der Waals surface area contributed by atoms with E-state index in [1.54, 1.807) is 6.92 Å². The van der Waals surface area contributed by atoms with Crippen molar-refractivity contribution in [2.75, 3.05) is 19.8 Å². The zero-order valence-corrected chi connectivity index (χ0v) is 10.3. The summed E-state index contributed by atoms with van der Waals surface area (Å²) in [7, 11) is 0. The van der Waals surface area contributed by atoms with Crippen LogP contribution in [-0.4, -0.2) is 49.0 Å². The second kappa shape index (κ2) is 7.59. The van der Waals surface area contributed by atoms with Gasteiger partial charge >= 0.3 is 18.1 Å². The maximum Gasteiger partial charge on any atom is 0.454 e. The SMILES string of the molecule is CCC(=O)O.FC(F)(F)C(F)(F)CNC1CCOC1. The Labute approximate surface area is 106 Å². The number of aliphatic carboxylic acids is 1. The van der Waals surface area contributed by atoms with Crippen LogP contribution >= 0.6 is 0 Å².